The van der Waals surface area contributed by atoms with Crippen LogP contribution in [0.4, 0.5) is 0 Å². The zero-order chi connectivity index (χ0) is 27.6. The van der Waals surface area contributed by atoms with Crippen molar-refractivity contribution in [2.24, 2.45) is 0 Å². The molecule has 0 aromatic heterocycles. The highest BCUT2D eigenvalue weighted by molar-refractivity contribution is 6.46. The maximum atomic E-state index is 13.5. The van der Waals surface area contributed by atoms with Gasteiger partial charge in [0.2, 0.25) is 0 Å². The maximum absolute atomic E-state index is 13.5. The second kappa shape index (κ2) is 10.7. The molecule has 1 amide bonds. The number of nitrogens with zero attached hydrogens (tertiary/aromatic N) is 1. The van der Waals surface area contributed by atoms with Gasteiger partial charge in [0.25, 0.3) is 11.7 Å². The average Bonchev–Trinajstić information content (AvgIpc) is 3.48. The van der Waals surface area contributed by atoms with Crippen molar-refractivity contribution >= 4 is 17.4 Å². The van der Waals surface area contributed by atoms with Gasteiger partial charge in [-0.2, -0.15) is 0 Å². The van der Waals surface area contributed by atoms with Crippen molar-refractivity contribution in [2.45, 2.75) is 38.6 Å². The summed E-state index contributed by atoms with van der Waals surface area (Å²) in [4.78, 5) is 28.4. The Morgan fingerprint density at radius 1 is 0.900 bits per heavy atom. The minimum absolute atomic E-state index is 0.0477. The Kier molecular flexibility index (Phi) is 6.83. The molecule has 1 N–H and O–H groups in total. The molecule has 4 aromatic carbocycles. The number of amides is 1. The van der Waals surface area contributed by atoms with Crippen LogP contribution < -0.4 is 9.47 Å². The molecule has 6 rings (SSSR count). The first-order valence-corrected chi connectivity index (χ1v) is 13.4. The number of Topliss-reactive ketones (excluding diaryl/α,β-unsaturated/α-hetero) is 1. The lowest BCUT2D eigenvalue weighted by Gasteiger charge is -2.25. The molecule has 0 saturated carbocycles. The van der Waals surface area contributed by atoms with Gasteiger partial charge in [-0.05, 0) is 59.5 Å². The SMILES string of the molecule is CC1Cc2cc(C(O)=C3C(=O)C(=O)N(Cc4ccccc4)C3c3ccc(OCc4ccccc4)cc3)ccc2O1. The first-order chi connectivity index (χ1) is 19.5. The second-order valence-corrected chi connectivity index (χ2v) is 10.2. The fraction of sp³-hybridized carbons (Fsp3) is 0.176. The van der Waals surface area contributed by atoms with Crippen LogP contribution in [-0.2, 0) is 29.2 Å². The lowest BCUT2D eigenvalue weighted by molar-refractivity contribution is -0.140. The predicted molar refractivity (Wildman–Crippen MR) is 152 cm³/mol. The van der Waals surface area contributed by atoms with E-state index in [1.54, 1.807) is 6.07 Å². The summed E-state index contributed by atoms with van der Waals surface area (Å²) < 4.78 is 11.7. The van der Waals surface area contributed by atoms with Gasteiger partial charge < -0.3 is 19.5 Å². The molecule has 0 aliphatic carbocycles. The third-order valence-corrected chi connectivity index (χ3v) is 7.35. The second-order valence-electron chi connectivity index (χ2n) is 10.2. The highest BCUT2D eigenvalue weighted by Crippen LogP contribution is 2.41. The molecule has 2 aliphatic rings. The van der Waals surface area contributed by atoms with E-state index in [0.29, 0.717) is 29.9 Å². The van der Waals surface area contributed by atoms with Gasteiger partial charge in [-0.1, -0.05) is 72.8 Å². The molecule has 2 heterocycles. The highest BCUT2D eigenvalue weighted by Gasteiger charge is 2.46. The molecule has 2 atom stereocenters. The van der Waals surface area contributed by atoms with Crippen LogP contribution in [0.25, 0.3) is 5.76 Å². The van der Waals surface area contributed by atoms with Crippen LogP contribution in [-0.4, -0.2) is 27.8 Å². The standard InChI is InChI=1S/C34H29NO5/c1-22-18-27-19-26(14-17-29(27)40-22)32(36)30-31(35(34(38)33(30)37)20-23-8-4-2-5-9-23)25-12-15-28(16-13-25)39-21-24-10-6-3-7-11-24/h2-17,19,22,31,36H,18,20-21H2,1H3. The van der Waals surface area contributed by atoms with Crippen LogP contribution in [0.3, 0.4) is 0 Å². The Labute approximate surface area is 233 Å². The van der Waals surface area contributed by atoms with E-state index < -0.39 is 17.7 Å². The van der Waals surface area contributed by atoms with Crippen LogP contribution in [0.5, 0.6) is 11.5 Å². The first-order valence-electron chi connectivity index (χ1n) is 13.4. The fourth-order valence-corrected chi connectivity index (χ4v) is 5.38. The molecule has 0 bridgehead atoms. The molecular formula is C34H29NO5. The first kappa shape index (κ1) is 25.4. The van der Waals surface area contributed by atoms with Gasteiger partial charge in [0.05, 0.1) is 11.6 Å². The molecular weight excluding hydrogens is 502 g/mol. The summed E-state index contributed by atoms with van der Waals surface area (Å²) in [5.74, 6) is -0.0897. The smallest absolute Gasteiger partial charge is 0.295 e. The fourth-order valence-electron chi connectivity index (χ4n) is 5.38. The highest BCUT2D eigenvalue weighted by atomic mass is 16.5. The Hall–Kier alpha value is -4.84. The predicted octanol–water partition coefficient (Wildman–Crippen LogP) is 6.21. The van der Waals surface area contributed by atoms with Gasteiger partial charge in [-0.15, -0.1) is 0 Å². The van der Waals surface area contributed by atoms with Crippen molar-refractivity contribution < 1.29 is 24.2 Å². The van der Waals surface area contributed by atoms with Crippen LogP contribution >= 0.6 is 0 Å². The summed E-state index contributed by atoms with van der Waals surface area (Å²) in [6, 6.07) is 31.4. The normalized spacial score (nSPS) is 19.4. The molecule has 200 valence electrons. The molecule has 0 radical (unpaired) electrons. The van der Waals surface area contributed by atoms with Crippen LogP contribution in [0.2, 0.25) is 0 Å². The van der Waals surface area contributed by atoms with Crippen molar-refractivity contribution in [1.29, 1.82) is 0 Å². The molecule has 6 heteroatoms. The molecule has 2 aliphatic heterocycles. The van der Waals surface area contributed by atoms with E-state index in [2.05, 4.69) is 0 Å². The van der Waals surface area contributed by atoms with Crippen LogP contribution in [0.15, 0.2) is 109 Å². The minimum Gasteiger partial charge on any atom is -0.507 e. The Balaban J connectivity index is 1.37. The zero-order valence-corrected chi connectivity index (χ0v) is 22.1. The number of aliphatic hydroxyl groups excluding tert-OH is 1. The molecule has 4 aromatic rings. The molecule has 0 spiro atoms. The summed E-state index contributed by atoms with van der Waals surface area (Å²) in [6.45, 7) is 2.64. The number of likely N-dealkylation sites (tertiary alicyclic amines) is 1. The van der Waals surface area contributed by atoms with Crippen LogP contribution in [0.1, 0.15) is 40.8 Å². The van der Waals surface area contributed by atoms with E-state index in [0.717, 1.165) is 22.4 Å². The van der Waals surface area contributed by atoms with Gasteiger partial charge in [0.1, 0.15) is 30.0 Å². The Bertz CT molecular complexity index is 1580. The van der Waals surface area contributed by atoms with Gasteiger partial charge >= 0.3 is 0 Å². The summed E-state index contributed by atoms with van der Waals surface area (Å²) in [5.41, 5.74) is 4.18. The van der Waals surface area contributed by atoms with Gasteiger partial charge in [-0.25, -0.2) is 0 Å². The number of aliphatic hydroxyl groups is 1. The summed E-state index contributed by atoms with van der Waals surface area (Å²) in [5, 5.41) is 11.5. The van der Waals surface area contributed by atoms with Gasteiger partial charge in [0, 0.05) is 18.5 Å². The van der Waals surface area contributed by atoms with Gasteiger partial charge in [0.15, 0.2) is 0 Å². The van der Waals surface area contributed by atoms with Crippen LogP contribution in [0, 0.1) is 0 Å². The number of carbonyl (C=O) groups is 2. The van der Waals surface area contributed by atoms with E-state index in [1.807, 2.05) is 104 Å². The quantitative estimate of drug-likeness (QED) is 0.174. The number of fused-ring (bicyclic) bond motifs is 1. The molecule has 40 heavy (non-hydrogen) atoms. The molecule has 6 nitrogen and oxygen atoms in total. The molecule has 1 fully saturated rings. The average molecular weight is 532 g/mol. The van der Waals surface area contributed by atoms with E-state index in [9.17, 15) is 14.7 Å². The third kappa shape index (κ3) is 4.96. The van der Waals surface area contributed by atoms with Crippen molar-refractivity contribution in [3.8, 4) is 11.5 Å². The number of hydrogen-bond donors (Lipinski definition) is 1. The van der Waals surface area contributed by atoms with E-state index in [1.165, 1.54) is 4.90 Å². The summed E-state index contributed by atoms with van der Waals surface area (Å²) in [7, 11) is 0. The van der Waals surface area contributed by atoms with Crippen molar-refractivity contribution in [2.75, 3.05) is 0 Å². The summed E-state index contributed by atoms with van der Waals surface area (Å²) >= 11 is 0. The number of rotatable bonds is 7. The maximum Gasteiger partial charge on any atom is 0.295 e. The number of ketones is 1. The minimum atomic E-state index is -0.758. The Morgan fingerprint density at radius 3 is 2.27 bits per heavy atom. The van der Waals surface area contributed by atoms with Gasteiger partial charge in [-0.3, -0.25) is 9.59 Å². The number of hydrogen-bond acceptors (Lipinski definition) is 5. The summed E-state index contributed by atoms with van der Waals surface area (Å²) in [6.07, 6.45) is 0.763. The largest absolute Gasteiger partial charge is 0.507 e. The third-order valence-electron chi connectivity index (χ3n) is 7.35. The number of carbonyl (C=O) groups excluding carboxylic acids is 2. The molecule has 2 unspecified atom stereocenters. The number of benzene rings is 4. The van der Waals surface area contributed by atoms with E-state index in [-0.39, 0.29) is 24.0 Å². The molecule has 1 saturated heterocycles. The van der Waals surface area contributed by atoms with Crippen molar-refractivity contribution in [3.63, 3.8) is 0 Å². The van der Waals surface area contributed by atoms with E-state index in [4.69, 9.17) is 9.47 Å². The van der Waals surface area contributed by atoms with Crippen molar-refractivity contribution in [3.05, 3.63) is 137 Å². The van der Waals surface area contributed by atoms with Crippen molar-refractivity contribution in [1.82, 2.24) is 4.90 Å². The number of ether oxygens (including phenoxy) is 2. The Morgan fingerprint density at radius 2 is 1.57 bits per heavy atom. The lowest BCUT2D eigenvalue weighted by atomic mass is 9.94. The monoisotopic (exact) mass is 531 g/mol. The van der Waals surface area contributed by atoms with E-state index >= 15 is 0 Å². The lowest BCUT2D eigenvalue weighted by Crippen LogP contribution is -2.29. The zero-order valence-electron chi connectivity index (χ0n) is 22.1. The topological polar surface area (TPSA) is 76.1 Å².